The molecule has 0 unspecified atom stereocenters. The second-order valence-electron chi connectivity index (χ2n) is 4.73. The molecule has 2 aliphatic rings. The number of carbonyl (C=O) groups excluding carboxylic acids is 1. The molecule has 4 heteroatoms. The standard InChI is InChI=1S/C15H16N2O2/c18-15-6-5-14(16-17-15)13-3-1-11(2-4-13)12-7-9-19-10-8-12/h1-4,7H,5-6,8-10H2,(H,17,18). The van der Waals surface area contributed by atoms with Gasteiger partial charge in [-0.2, -0.15) is 5.10 Å². The molecular formula is C15H16N2O2. The topological polar surface area (TPSA) is 50.7 Å². The summed E-state index contributed by atoms with van der Waals surface area (Å²) in [7, 11) is 0. The number of ether oxygens (including phenoxy) is 1. The predicted octanol–water partition coefficient (Wildman–Crippen LogP) is 2.10. The molecule has 19 heavy (non-hydrogen) atoms. The Bertz CT molecular complexity index is 544. The van der Waals surface area contributed by atoms with Crippen molar-refractivity contribution in [1.82, 2.24) is 5.43 Å². The van der Waals surface area contributed by atoms with Gasteiger partial charge in [0.15, 0.2) is 0 Å². The zero-order valence-electron chi connectivity index (χ0n) is 10.7. The Kier molecular flexibility index (Phi) is 3.42. The largest absolute Gasteiger partial charge is 0.377 e. The lowest BCUT2D eigenvalue weighted by Gasteiger charge is -2.15. The Morgan fingerprint density at radius 3 is 2.47 bits per heavy atom. The molecule has 0 aromatic heterocycles. The van der Waals surface area contributed by atoms with E-state index in [9.17, 15) is 4.79 Å². The summed E-state index contributed by atoms with van der Waals surface area (Å²) in [5.41, 5.74) is 7.15. The van der Waals surface area contributed by atoms with Gasteiger partial charge < -0.3 is 4.74 Å². The quantitative estimate of drug-likeness (QED) is 0.881. The van der Waals surface area contributed by atoms with Crippen LogP contribution in [0.5, 0.6) is 0 Å². The Morgan fingerprint density at radius 2 is 1.84 bits per heavy atom. The molecule has 4 nitrogen and oxygen atoms in total. The van der Waals surface area contributed by atoms with E-state index in [0.717, 1.165) is 24.3 Å². The minimum absolute atomic E-state index is 0.00673. The highest BCUT2D eigenvalue weighted by atomic mass is 16.5. The maximum Gasteiger partial charge on any atom is 0.240 e. The Morgan fingerprint density at radius 1 is 1.05 bits per heavy atom. The molecule has 1 aromatic rings. The normalized spacial score (nSPS) is 19.5. The van der Waals surface area contributed by atoms with Gasteiger partial charge in [0.25, 0.3) is 0 Å². The Hall–Kier alpha value is -1.94. The monoisotopic (exact) mass is 256 g/mol. The minimum Gasteiger partial charge on any atom is -0.377 e. The van der Waals surface area contributed by atoms with E-state index in [1.54, 1.807) is 0 Å². The van der Waals surface area contributed by atoms with Crippen molar-refractivity contribution < 1.29 is 9.53 Å². The van der Waals surface area contributed by atoms with E-state index >= 15 is 0 Å². The summed E-state index contributed by atoms with van der Waals surface area (Å²) in [5, 5.41) is 4.11. The molecule has 2 aliphatic heterocycles. The second kappa shape index (κ2) is 5.36. The van der Waals surface area contributed by atoms with Crippen molar-refractivity contribution in [1.29, 1.82) is 0 Å². The molecule has 0 saturated carbocycles. The minimum atomic E-state index is -0.00673. The van der Waals surface area contributed by atoms with E-state index in [4.69, 9.17) is 4.74 Å². The van der Waals surface area contributed by atoms with E-state index in [1.807, 2.05) is 0 Å². The van der Waals surface area contributed by atoms with Crippen molar-refractivity contribution >= 4 is 17.2 Å². The highest BCUT2D eigenvalue weighted by Gasteiger charge is 2.13. The molecule has 0 spiro atoms. The van der Waals surface area contributed by atoms with E-state index in [2.05, 4.69) is 40.9 Å². The fourth-order valence-corrected chi connectivity index (χ4v) is 2.35. The SMILES string of the molecule is O=C1CCC(c2ccc(C3=CCOCC3)cc2)=NN1. The first-order valence-corrected chi connectivity index (χ1v) is 6.56. The third-order valence-corrected chi connectivity index (χ3v) is 3.46. The maximum atomic E-state index is 11.1. The van der Waals surface area contributed by atoms with Crippen LogP contribution in [0.25, 0.3) is 5.57 Å². The summed E-state index contributed by atoms with van der Waals surface area (Å²) in [5.74, 6) is -0.00673. The van der Waals surface area contributed by atoms with Gasteiger partial charge in [-0.05, 0) is 23.1 Å². The number of hydrazone groups is 1. The molecule has 2 heterocycles. The summed E-state index contributed by atoms with van der Waals surface area (Å²) in [4.78, 5) is 11.1. The van der Waals surface area contributed by atoms with Crippen LogP contribution in [0.3, 0.4) is 0 Å². The van der Waals surface area contributed by atoms with Gasteiger partial charge >= 0.3 is 0 Å². The summed E-state index contributed by atoms with van der Waals surface area (Å²) in [6, 6.07) is 8.38. The van der Waals surface area contributed by atoms with Gasteiger partial charge in [-0.1, -0.05) is 30.3 Å². The first kappa shape index (κ1) is 12.1. The van der Waals surface area contributed by atoms with Gasteiger partial charge in [-0.15, -0.1) is 0 Å². The van der Waals surface area contributed by atoms with Crippen LogP contribution in [-0.4, -0.2) is 24.8 Å². The molecule has 0 atom stereocenters. The number of amides is 1. The average Bonchev–Trinajstić information content (AvgIpc) is 2.49. The van der Waals surface area contributed by atoms with E-state index in [-0.39, 0.29) is 5.91 Å². The first-order chi connectivity index (χ1) is 9.33. The van der Waals surface area contributed by atoms with Crippen molar-refractivity contribution in [2.24, 2.45) is 5.10 Å². The van der Waals surface area contributed by atoms with Crippen molar-refractivity contribution in [3.05, 3.63) is 41.5 Å². The number of hydrogen-bond acceptors (Lipinski definition) is 3. The zero-order chi connectivity index (χ0) is 13.1. The van der Waals surface area contributed by atoms with Crippen LogP contribution in [0.1, 0.15) is 30.4 Å². The fraction of sp³-hybridized carbons (Fsp3) is 0.333. The van der Waals surface area contributed by atoms with Crippen LogP contribution in [-0.2, 0) is 9.53 Å². The van der Waals surface area contributed by atoms with Crippen molar-refractivity contribution in [3.63, 3.8) is 0 Å². The lowest BCUT2D eigenvalue weighted by Crippen LogP contribution is -2.25. The zero-order valence-corrected chi connectivity index (χ0v) is 10.7. The van der Waals surface area contributed by atoms with Crippen LogP contribution in [0.15, 0.2) is 35.4 Å². The number of nitrogens with zero attached hydrogens (tertiary/aromatic N) is 1. The molecule has 98 valence electrons. The third-order valence-electron chi connectivity index (χ3n) is 3.46. The smallest absolute Gasteiger partial charge is 0.240 e. The summed E-state index contributed by atoms with van der Waals surface area (Å²) in [6.07, 6.45) is 4.33. The van der Waals surface area contributed by atoms with Gasteiger partial charge in [0.1, 0.15) is 0 Å². The van der Waals surface area contributed by atoms with E-state index in [1.165, 1.54) is 11.1 Å². The molecule has 0 bridgehead atoms. The predicted molar refractivity (Wildman–Crippen MR) is 73.8 cm³/mol. The van der Waals surface area contributed by atoms with Crippen LogP contribution in [0.2, 0.25) is 0 Å². The van der Waals surface area contributed by atoms with E-state index < -0.39 is 0 Å². The van der Waals surface area contributed by atoms with Crippen LogP contribution >= 0.6 is 0 Å². The molecule has 0 radical (unpaired) electrons. The molecule has 0 fully saturated rings. The second-order valence-corrected chi connectivity index (χ2v) is 4.73. The lowest BCUT2D eigenvalue weighted by molar-refractivity contribution is -0.121. The van der Waals surface area contributed by atoms with Crippen LogP contribution < -0.4 is 5.43 Å². The number of rotatable bonds is 2. The third kappa shape index (κ3) is 2.74. The van der Waals surface area contributed by atoms with Gasteiger partial charge in [0.05, 0.1) is 18.9 Å². The van der Waals surface area contributed by atoms with Crippen molar-refractivity contribution in [2.75, 3.05) is 13.2 Å². The van der Waals surface area contributed by atoms with Gasteiger partial charge in [0.2, 0.25) is 5.91 Å². The summed E-state index contributed by atoms with van der Waals surface area (Å²) < 4.78 is 5.31. The maximum absolute atomic E-state index is 11.1. The Labute approximate surface area is 112 Å². The Balaban J connectivity index is 1.79. The molecule has 1 N–H and O–H groups in total. The molecule has 1 aromatic carbocycles. The van der Waals surface area contributed by atoms with Crippen molar-refractivity contribution in [3.8, 4) is 0 Å². The number of hydrogen-bond donors (Lipinski definition) is 1. The van der Waals surface area contributed by atoms with E-state index in [0.29, 0.717) is 19.4 Å². The van der Waals surface area contributed by atoms with Gasteiger partial charge in [-0.3, -0.25) is 4.79 Å². The molecule has 1 amide bonds. The molecular weight excluding hydrogens is 240 g/mol. The number of nitrogens with one attached hydrogen (secondary N) is 1. The van der Waals surface area contributed by atoms with Crippen LogP contribution in [0, 0.1) is 0 Å². The summed E-state index contributed by atoms with van der Waals surface area (Å²) >= 11 is 0. The van der Waals surface area contributed by atoms with Gasteiger partial charge in [0, 0.05) is 12.8 Å². The number of benzene rings is 1. The molecule has 0 saturated heterocycles. The van der Waals surface area contributed by atoms with Gasteiger partial charge in [-0.25, -0.2) is 5.43 Å². The number of carbonyl (C=O) groups is 1. The summed E-state index contributed by atoms with van der Waals surface area (Å²) in [6.45, 7) is 1.50. The highest BCUT2D eigenvalue weighted by molar-refractivity contribution is 6.04. The average molecular weight is 256 g/mol. The molecule has 0 aliphatic carbocycles. The highest BCUT2D eigenvalue weighted by Crippen LogP contribution is 2.22. The first-order valence-electron chi connectivity index (χ1n) is 6.56. The van der Waals surface area contributed by atoms with Crippen molar-refractivity contribution in [2.45, 2.75) is 19.3 Å². The fourth-order valence-electron chi connectivity index (χ4n) is 2.35. The lowest BCUT2D eigenvalue weighted by atomic mass is 9.98. The molecule has 3 rings (SSSR count). The van der Waals surface area contributed by atoms with Crippen LogP contribution in [0.4, 0.5) is 0 Å².